The van der Waals surface area contributed by atoms with Crippen LogP contribution in [0.15, 0.2) is 59.3 Å². The molecular formula is C21H19ClN6O2. The molecule has 1 aromatic carbocycles. The molecule has 0 fully saturated rings. The van der Waals surface area contributed by atoms with Crippen LogP contribution >= 0.6 is 11.6 Å². The van der Waals surface area contributed by atoms with Gasteiger partial charge in [0.15, 0.2) is 17.2 Å². The van der Waals surface area contributed by atoms with E-state index < -0.39 is 0 Å². The Balaban J connectivity index is 1.53. The van der Waals surface area contributed by atoms with Crippen LogP contribution in [0.1, 0.15) is 16.1 Å². The average Bonchev–Trinajstić information content (AvgIpc) is 3.25. The summed E-state index contributed by atoms with van der Waals surface area (Å²) in [6.07, 6.45) is 3.20. The number of benzene rings is 1. The zero-order chi connectivity index (χ0) is 21.1. The highest BCUT2D eigenvalue weighted by Crippen LogP contribution is 2.29. The van der Waals surface area contributed by atoms with E-state index in [1.807, 2.05) is 24.3 Å². The van der Waals surface area contributed by atoms with E-state index in [4.69, 9.17) is 16.0 Å². The molecule has 4 rings (SSSR count). The van der Waals surface area contributed by atoms with Crippen LogP contribution in [-0.2, 0) is 6.54 Å². The molecule has 3 heterocycles. The number of hydrogen-bond donors (Lipinski definition) is 2. The van der Waals surface area contributed by atoms with Crippen LogP contribution in [0, 0.1) is 0 Å². The first-order valence-electron chi connectivity index (χ1n) is 9.18. The number of pyridine rings is 1. The standard InChI is InChI=1S/C21H19ClN6O2/c1-28(2)21(29)17-11-13(7-9-23-17)12-24-20-18-16(8-10-30-18)19(26-27-20)25-15-5-3-14(22)4-6-15/h3-11H,12H2,1-2H3,(H,24,27)(H,25,26). The Morgan fingerprint density at radius 3 is 2.63 bits per heavy atom. The third-order valence-corrected chi connectivity index (χ3v) is 4.65. The van der Waals surface area contributed by atoms with Gasteiger partial charge in [0.1, 0.15) is 5.69 Å². The van der Waals surface area contributed by atoms with Crippen LogP contribution in [-0.4, -0.2) is 40.1 Å². The maximum atomic E-state index is 12.1. The highest BCUT2D eigenvalue weighted by molar-refractivity contribution is 6.30. The number of furan rings is 1. The summed E-state index contributed by atoms with van der Waals surface area (Å²) >= 11 is 5.94. The first-order chi connectivity index (χ1) is 14.5. The lowest BCUT2D eigenvalue weighted by Gasteiger charge is -2.11. The van der Waals surface area contributed by atoms with E-state index in [1.165, 1.54) is 4.90 Å². The maximum absolute atomic E-state index is 12.1. The lowest BCUT2D eigenvalue weighted by Crippen LogP contribution is -2.22. The van der Waals surface area contributed by atoms with Gasteiger partial charge in [-0.25, -0.2) is 0 Å². The Labute approximate surface area is 177 Å². The van der Waals surface area contributed by atoms with Gasteiger partial charge in [0.05, 0.1) is 11.6 Å². The highest BCUT2D eigenvalue weighted by Gasteiger charge is 2.14. The third kappa shape index (κ3) is 4.18. The summed E-state index contributed by atoms with van der Waals surface area (Å²) in [6.45, 7) is 0.435. The van der Waals surface area contributed by atoms with Crippen molar-refractivity contribution in [3.05, 3.63) is 71.2 Å². The van der Waals surface area contributed by atoms with Crippen LogP contribution < -0.4 is 10.6 Å². The van der Waals surface area contributed by atoms with Gasteiger partial charge in [-0.3, -0.25) is 9.78 Å². The second kappa shape index (κ2) is 8.38. The van der Waals surface area contributed by atoms with Crippen LogP contribution in [0.3, 0.4) is 0 Å². The maximum Gasteiger partial charge on any atom is 0.271 e. The number of nitrogens with zero attached hydrogens (tertiary/aromatic N) is 4. The van der Waals surface area contributed by atoms with Crippen LogP contribution in [0.2, 0.25) is 5.02 Å². The number of hydrogen-bond acceptors (Lipinski definition) is 7. The SMILES string of the molecule is CN(C)C(=O)c1cc(CNc2nnc(Nc3ccc(Cl)cc3)c3ccoc23)ccn1. The molecule has 3 aromatic heterocycles. The molecular weight excluding hydrogens is 404 g/mol. The van der Waals surface area contributed by atoms with Gasteiger partial charge in [-0.2, -0.15) is 0 Å². The van der Waals surface area contributed by atoms with Gasteiger partial charge in [0.2, 0.25) is 0 Å². The normalized spacial score (nSPS) is 10.8. The number of halogens is 1. The first-order valence-corrected chi connectivity index (χ1v) is 9.56. The van der Waals surface area contributed by atoms with Crippen molar-refractivity contribution in [3.63, 3.8) is 0 Å². The van der Waals surface area contributed by atoms with Crippen LogP contribution in [0.5, 0.6) is 0 Å². The molecule has 0 aliphatic carbocycles. The molecule has 0 aliphatic rings. The van der Waals surface area contributed by atoms with Crippen LogP contribution in [0.25, 0.3) is 11.0 Å². The van der Waals surface area contributed by atoms with Gasteiger partial charge in [-0.05, 0) is 48.0 Å². The number of fused-ring (bicyclic) bond motifs is 1. The zero-order valence-corrected chi connectivity index (χ0v) is 17.1. The largest absolute Gasteiger partial charge is 0.460 e. The van der Waals surface area contributed by atoms with E-state index in [2.05, 4.69) is 25.8 Å². The Bertz CT molecular complexity index is 1190. The lowest BCUT2D eigenvalue weighted by molar-refractivity contribution is 0.0822. The predicted molar refractivity (Wildman–Crippen MR) is 116 cm³/mol. The molecule has 0 saturated heterocycles. The van der Waals surface area contributed by atoms with Crippen LogP contribution in [0.4, 0.5) is 17.3 Å². The molecule has 152 valence electrons. The van der Waals surface area contributed by atoms with Gasteiger partial charge >= 0.3 is 0 Å². The number of anilines is 3. The second-order valence-electron chi connectivity index (χ2n) is 6.79. The molecule has 8 nitrogen and oxygen atoms in total. The van der Waals surface area contributed by atoms with Gasteiger partial charge < -0.3 is 20.0 Å². The molecule has 2 N–H and O–H groups in total. The van der Waals surface area contributed by atoms with Gasteiger partial charge in [0.25, 0.3) is 5.91 Å². The van der Waals surface area contributed by atoms with E-state index in [0.717, 1.165) is 16.6 Å². The van der Waals surface area contributed by atoms with E-state index in [9.17, 15) is 4.79 Å². The minimum atomic E-state index is -0.150. The van der Waals surface area contributed by atoms with Crippen molar-refractivity contribution in [2.45, 2.75) is 6.54 Å². The minimum Gasteiger partial charge on any atom is -0.460 e. The van der Waals surface area contributed by atoms with Crippen molar-refractivity contribution in [1.29, 1.82) is 0 Å². The molecule has 0 saturated carbocycles. The quantitative estimate of drug-likeness (QED) is 0.477. The van der Waals surface area contributed by atoms with E-state index >= 15 is 0 Å². The monoisotopic (exact) mass is 422 g/mol. The lowest BCUT2D eigenvalue weighted by atomic mass is 10.2. The van der Waals surface area contributed by atoms with E-state index in [0.29, 0.717) is 34.5 Å². The Hall–Kier alpha value is -3.65. The van der Waals surface area contributed by atoms with E-state index in [1.54, 1.807) is 44.8 Å². The van der Waals surface area contributed by atoms with Crippen molar-refractivity contribution >= 4 is 45.8 Å². The molecule has 0 aliphatic heterocycles. The first kappa shape index (κ1) is 19.7. The molecule has 9 heteroatoms. The van der Waals surface area contributed by atoms with Crippen molar-refractivity contribution in [2.75, 3.05) is 24.7 Å². The summed E-state index contributed by atoms with van der Waals surface area (Å²) in [5, 5.41) is 16.4. The fraction of sp³-hybridized carbons (Fsp3) is 0.143. The highest BCUT2D eigenvalue weighted by atomic mass is 35.5. The second-order valence-corrected chi connectivity index (χ2v) is 7.23. The average molecular weight is 423 g/mol. The minimum absolute atomic E-state index is 0.150. The topological polar surface area (TPSA) is 96.2 Å². The summed E-state index contributed by atoms with van der Waals surface area (Å²) in [7, 11) is 3.38. The summed E-state index contributed by atoms with van der Waals surface area (Å²) in [5.41, 5.74) is 2.70. The fourth-order valence-corrected chi connectivity index (χ4v) is 3.00. The molecule has 0 radical (unpaired) electrons. The number of carbonyl (C=O) groups excluding carboxylic acids is 1. The van der Waals surface area contributed by atoms with Crippen molar-refractivity contribution in [2.24, 2.45) is 0 Å². The molecule has 0 bridgehead atoms. The summed E-state index contributed by atoms with van der Waals surface area (Å²) < 4.78 is 5.63. The Morgan fingerprint density at radius 2 is 1.87 bits per heavy atom. The summed E-state index contributed by atoms with van der Waals surface area (Å²) in [4.78, 5) is 17.7. The fourth-order valence-electron chi connectivity index (χ4n) is 2.87. The van der Waals surface area contributed by atoms with Gasteiger partial charge in [0, 0.05) is 37.5 Å². The Morgan fingerprint density at radius 1 is 1.10 bits per heavy atom. The number of amides is 1. The van der Waals surface area contributed by atoms with Crippen molar-refractivity contribution in [1.82, 2.24) is 20.1 Å². The van der Waals surface area contributed by atoms with Gasteiger partial charge in [-0.1, -0.05) is 11.6 Å². The number of aromatic nitrogens is 3. The molecule has 0 atom stereocenters. The molecule has 0 unspecified atom stereocenters. The smallest absolute Gasteiger partial charge is 0.271 e. The number of carbonyl (C=O) groups is 1. The van der Waals surface area contributed by atoms with Gasteiger partial charge in [-0.15, -0.1) is 10.2 Å². The summed E-state index contributed by atoms with van der Waals surface area (Å²) in [5.74, 6) is 0.936. The molecule has 1 amide bonds. The number of nitrogens with one attached hydrogen (secondary N) is 2. The molecule has 4 aromatic rings. The predicted octanol–water partition coefficient (Wildman–Crippen LogP) is 4.33. The zero-order valence-electron chi connectivity index (χ0n) is 16.4. The molecule has 30 heavy (non-hydrogen) atoms. The Kier molecular flexibility index (Phi) is 5.49. The summed E-state index contributed by atoms with van der Waals surface area (Å²) in [6, 6.07) is 12.7. The van der Waals surface area contributed by atoms with E-state index in [-0.39, 0.29) is 5.91 Å². The van der Waals surface area contributed by atoms with Crippen molar-refractivity contribution < 1.29 is 9.21 Å². The third-order valence-electron chi connectivity index (χ3n) is 4.40. The van der Waals surface area contributed by atoms with Crippen molar-refractivity contribution in [3.8, 4) is 0 Å². The molecule has 0 spiro atoms. The number of rotatable bonds is 6.